The van der Waals surface area contributed by atoms with Gasteiger partial charge < -0.3 is 14.5 Å². The lowest BCUT2D eigenvalue weighted by atomic mass is 10.1. The first-order chi connectivity index (χ1) is 14.6. The lowest BCUT2D eigenvalue weighted by Crippen LogP contribution is -2.55. The molecule has 8 heteroatoms. The number of anilines is 2. The van der Waals surface area contributed by atoms with Crippen LogP contribution in [-0.4, -0.2) is 64.8 Å². The van der Waals surface area contributed by atoms with Crippen molar-refractivity contribution in [2.45, 2.75) is 26.8 Å². The van der Waals surface area contributed by atoms with Gasteiger partial charge in [-0.05, 0) is 56.2 Å². The van der Waals surface area contributed by atoms with Gasteiger partial charge in [0, 0.05) is 26.2 Å². The molecule has 0 bridgehead atoms. The molecule has 0 radical (unpaired) electrons. The molecule has 3 rings (SSSR count). The Kier molecular flexibility index (Phi) is 6.79. The van der Waals surface area contributed by atoms with E-state index in [2.05, 4.69) is 4.90 Å². The lowest BCUT2D eigenvalue weighted by Gasteiger charge is -2.39. The van der Waals surface area contributed by atoms with E-state index in [1.807, 2.05) is 44.2 Å². The molecule has 2 aromatic carbocycles. The summed E-state index contributed by atoms with van der Waals surface area (Å²) in [5.41, 5.74) is 3.43. The number of carbonyl (C=O) groups excluding carboxylic acids is 1. The van der Waals surface area contributed by atoms with Gasteiger partial charge in [-0.3, -0.25) is 9.10 Å². The molecule has 1 amide bonds. The van der Waals surface area contributed by atoms with E-state index in [9.17, 15) is 13.2 Å². The van der Waals surface area contributed by atoms with Gasteiger partial charge in [0.1, 0.15) is 11.8 Å². The molecule has 0 unspecified atom stereocenters. The van der Waals surface area contributed by atoms with E-state index in [-0.39, 0.29) is 5.91 Å². The topological polar surface area (TPSA) is 70.2 Å². The molecule has 0 aromatic heterocycles. The minimum atomic E-state index is -3.64. The van der Waals surface area contributed by atoms with Crippen molar-refractivity contribution in [3.05, 3.63) is 53.6 Å². The average Bonchev–Trinajstić information content (AvgIpc) is 2.71. The Morgan fingerprint density at radius 3 is 2.16 bits per heavy atom. The van der Waals surface area contributed by atoms with Crippen molar-refractivity contribution in [2.24, 2.45) is 0 Å². The van der Waals surface area contributed by atoms with Crippen molar-refractivity contribution >= 4 is 27.3 Å². The van der Waals surface area contributed by atoms with Gasteiger partial charge in [-0.1, -0.05) is 18.2 Å². The van der Waals surface area contributed by atoms with Crippen molar-refractivity contribution < 1.29 is 17.9 Å². The van der Waals surface area contributed by atoms with Crippen LogP contribution in [-0.2, 0) is 14.8 Å². The fourth-order valence-corrected chi connectivity index (χ4v) is 5.36. The quantitative estimate of drug-likeness (QED) is 0.684. The first-order valence-electron chi connectivity index (χ1n) is 10.4. The zero-order chi connectivity index (χ0) is 22.8. The standard InChI is InChI=1S/C23H31N3O4S/c1-17-14-18(2)16-20(15-17)26(31(5,28)29)19(3)23(27)25-12-10-24(11-13-25)21-8-6-7-9-22(21)30-4/h6-9,14-16,19H,10-13H2,1-5H3/t19-/m0/s1. The molecular formula is C23H31N3O4S. The number of methoxy groups -OCH3 is 1. The molecule has 31 heavy (non-hydrogen) atoms. The number of benzene rings is 2. The fourth-order valence-electron chi connectivity index (χ4n) is 4.20. The number of hydrogen-bond acceptors (Lipinski definition) is 5. The number of hydrogen-bond donors (Lipinski definition) is 0. The molecule has 1 fully saturated rings. The summed E-state index contributed by atoms with van der Waals surface area (Å²) in [4.78, 5) is 17.2. The zero-order valence-electron chi connectivity index (χ0n) is 18.8. The average molecular weight is 446 g/mol. The van der Waals surface area contributed by atoms with E-state index in [0.29, 0.717) is 31.9 Å². The maximum atomic E-state index is 13.3. The number of nitrogens with zero attached hydrogens (tertiary/aromatic N) is 3. The fraction of sp³-hybridized carbons (Fsp3) is 0.435. The van der Waals surface area contributed by atoms with Gasteiger partial charge in [0.25, 0.3) is 0 Å². The number of piperazine rings is 1. The lowest BCUT2D eigenvalue weighted by molar-refractivity contribution is -0.132. The molecule has 1 aliphatic heterocycles. The van der Waals surface area contributed by atoms with Crippen LogP contribution >= 0.6 is 0 Å². The van der Waals surface area contributed by atoms with Gasteiger partial charge in [-0.2, -0.15) is 0 Å². The summed E-state index contributed by atoms with van der Waals surface area (Å²) in [6.07, 6.45) is 1.15. The van der Waals surface area contributed by atoms with E-state index < -0.39 is 16.1 Å². The Morgan fingerprint density at radius 2 is 1.61 bits per heavy atom. The predicted octanol–water partition coefficient (Wildman–Crippen LogP) is 2.82. The SMILES string of the molecule is COc1ccccc1N1CCN(C(=O)[C@H](C)N(c2cc(C)cc(C)c2)S(C)(=O)=O)CC1. The largest absolute Gasteiger partial charge is 0.495 e. The summed E-state index contributed by atoms with van der Waals surface area (Å²) in [6.45, 7) is 7.84. The number of sulfonamides is 1. The Balaban J connectivity index is 1.77. The summed E-state index contributed by atoms with van der Waals surface area (Å²) in [5, 5.41) is 0. The Morgan fingerprint density at radius 1 is 1.03 bits per heavy atom. The smallest absolute Gasteiger partial charge is 0.246 e. The third-order valence-electron chi connectivity index (χ3n) is 5.54. The number of ether oxygens (including phenoxy) is 1. The highest BCUT2D eigenvalue weighted by atomic mass is 32.2. The minimum absolute atomic E-state index is 0.190. The van der Waals surface area contributed by atoms with Gasteiger partial charge in [-0.15, -0.1) is 0 Å². The number of amides is 1. The van der Waals surface area contributed by atoms with Crippen LogP contribution in [0.2, 0.25) is 0 Å². The zero-order valence-corrected chi connectivity index (χ0v) is 19.6. The van der Waals surface area contributed by atoms with Gasteiger partial charge in [0.2, 0.25) is 15.9 Å². The molecule has 0 N–H and O–H groups in total. The monoisotopic (exact) mass is 445 g/mol. The second kappa shape index (κ2) is 9.18. The third-order valence-corrected chi connectivity index (χ3v) is 6.79. The summed E-state index contributed by atoms with van der Waals surface area (Å²) in [7, 11) is -1.99. The van der Waals surface area contributed by atoms with Gasteiger partial charge in [0.05, 0.1) is 24.7 Å². The van der Waals surface area contributed by atoms with Gasteiger partial charge in [-0.25, -0.2) is 8.42 Å². The van der Waals surface area contributed by atoms with E-state index in [1.54, 1.807) is 31.1 Å². The van der Waals surface area contributed by atoms with E-state index in [4.69, 9.17) is 4.74 Å². The molecule has 1 heterocycles. The molecular weight excluding hydrogens is 414 g/mol. The maximum absolute atomic E-state index is 13.3. The molecule has 0 spiro atoms. The number of rotatable bonds is 6. The highest BCUT2D eigenvalue weighted by Crippen LogP contribution is 2.29. The molecule has 0 saturated carbocycles. The van der Waals surface area contributed by atoms with Crippen LogP contribution in [0.5, 0.6) is 5.75 Å². The van der Waals surface area contributed by atoms with E-state index in [0.717, 1.165) is 28.8 Å². The van der Waals surface area contributed by atoms with Crippen LogP contribution in [0.3, 0.4) is 0 Å². The molecule has 7 nitrogen and oxygen atoms in total. The summed E-state index contributed by atoms with van der Waals surface area (Å²) < 4.78 is 31.9. The second-order valence-corrected chi connectivity index (χ2v) is 9.92. The highest BCUT2D eigenvalue weighted by Gasteiger charge is 2.33. The molecule has 1 atom stereocenters. The van der Waals surface area contributed by atoms with Crippen LogP contribution in [0, 0.1) is 13.8 Å². The molecule has 168 valence electrons. The van der Waals surface area contributed by atoms with Crippen molar-refractivity contribution in [2.75, 3.05) is 48.7 Å². The first kappa shape index (κ1) is 22.9. The first-order valence-corrected chi connectivity index (χ1v) is 12.2. The van der Waals surface area contributed by atoms with E-state index in [1.165, 1.54) is 4.31 Å². The Hall–Kier alpha value is -2.74. The Bertz CT molecular complexity index is 1030. The van der Waals surface area contributed by atoms with Gasteiger partial charge >= 0.3 is 0 Å². The maximum Gasteiger partial charge on any atom is 0.246 e. The van der Waals surface area contributed by atoms with Crippen molar-refractivity contribution in [1.82, 2.24) is 4.90 Å². The summed E-state index contributed by atoms with van der Waals surface area (Å²) >= 11 is 0. The normalized spacial score (nSPS) is 15.5. The van der Waals surface area contributed by atoms with Crippen LogP contribution in [0.4, 0.5) is 11.4 Å². The number of aryl methyl sites for hydroxylation is 2. The van der Waals surface area contributed by atoms with Crippen molar-refractivity contribution in [3.8, 4) is 5.75 Å². The van der Waals surface area contributed by atoms with Crippen LogP contribution in [0.25, 0.3) is 0 Å². The third kappa shape index (κ3) is 5.12. The number of para-hydroxylation sites is 2. The predicted molar refractivity (Wildman–Crippen MR) is 124 cm³/mol. The highest BCUT2D eigenvalue weighted by molar-refractivity contribution is 7.92. The van der Waals surface area contributed by atoms with Crippen LogP contribution < -0.4 is 13.9 Å². The molecule has 0 aliphatic carbocycles. The minimum Gasteiger partial charge on any atom is -0.495 e. The van der Waals surface area contributed by atoms with Crippen LogP contribution in [0.1, 0.15) is 18.1 Å². The second-order valence-electron chi connectivity index (χ2n) is 8.06. The molecule has 1 aliphatic rings. The van der Waals surface area contributed by atoms with Gasteiger partial charge in [0.15, 0.2) is 0 Å². The van der Waals surface area contributed by atoms with Crippen molar-refractivity contribution in [3.63, 3.8) is 0 Å². The number of carbonyl (C=O) groups is 1. The van der Waals surface area contributed by atoms with Crippen LogP contribution in [0.15, 0.2) is 42.5 Å². The molecule has 2 aromatic rings. The summed E-state index contributed by atoms with van der Waals surface area (Å²) in [5.74, 6) is 0.609. The van der Waals surface area contributed by atoms with E-state index >= 15 is 0 Å². The molecule has 1 saturated heterocycles. The Labute approximate surface area is 185 Å². The summed E-state index contributed by atoms with van der Waals surface area (Å²) in [6, 6.07) is 12.6. The van der Waals surface area contributed by atoms with Crippen molar-refractivity contribution in [1.29, 1.82) is 0 Å².